The number of benzene rings is 2. The van der Waals surface area contributed by atoms with Crippen molar-refractivity contribution >= 4 is 21.6 Å². The zero-order valence-corrected chi connectivity index (χ0v) is 11.1. The molecule has 2 aromatic rings. The number of nitrogens with one attached hydrogen (secondary N) is 1. The van der Waals surface area contributed by atoms with Crippen molar-refractivity contribution in [1.29, 1.82) is 0 Å². The summed E-state index contributed by atoms with van der Waals surface area (Å²) in [7, 11) is 0. The van der Waals surface area contributed by atoms with E-state index in [1.165, 1.54) is 17.2 Å². The van der Waals surface area contributed by atoms with Crippen LogP contribution in [-0.4, -0.2) is 0 Å². The van der Waals surface area contributed by atoms with Crippen molar-refractivity contribution in [3.8, 4) is 0 Å². The molecule has 2 aromatic carbocycles. The smallest absolute Gasteiger partial charge is 0.147 e. The number of hydrogen-bond acceptors (Lipinski definition) is 1. The molecule has 1 N–H and O–H groups in total. The summed E-state index contributed by atoms with van der Waals surface area (Å²) in [6, 6.07) is 13.0. The van der Waals surface area contributed by atoms with Gasteiger partial charge in [-0.2, -0.15) is 0 Å². The highest BCUT2D eigenvalue weighted by Crippen LogP contribution is 2.25. The van der Waals surface area contributed by atoms with Crippen LogP contribution in [0, 0.1) is 12.7 Å². The molecule has 1 nitrogen and oxygen atoms in total. The Morgan fingerprint density at radius 1 is 1.12 bits per heavy atom. The molecule has 17 heavy (non-hydrogen) atoms. The molecule has 0 radical (unpaired) electrons. The lowest BCUT2D eigenvalue weighted by Crippen LogP contribution is -2.03. The SMILES string of the molecule is Cc1ccccc1CNc1c(F)cccc1Br. The van der Waals surface area contributed by atoms with Crippen molar-refractivity contribution in [2.24, 2.45) is 0 Å². The van der Waals surface area contributed by atoms with Gasteiger partial charge >= 0.3 is 0 Å². The van der Waals surface area contributed by atoms with E-state index in [0.717, 1.165) is 4.47 Å². The fourth-order valence-electron chi connectivity index (χ4n) is 1.66. The Bertz CT molecular complexity index is 505. The van der Waals surface area contributed by atoms with Crippen molar-refractivity contribution in [3.63, 3.8) is 0 Å². The van der Waals surface area contributed by atoms with Gasteiger partial charge in [-0.1, -0.05) is 30.3 Å². The van der Waals surface area contributed by atoms with Crippen LogP contribution in [0.25, 0.3) is 0 Å². The first-order valence-electron chi connectivity index (χ1n) is 5.41. The maximum absolute atomic E-state index is 13.6. The number of hydrogen-bond donors (Lipinski definition) is 1. The summed E-state index contributed by atoms with van der Waals surface area (Å²) >= 11 is 3.34. The molecule has 88 valence electrons. The average Bonchev–Trinajstić information content (AvgIpc) is 2.30. The third-order valence-electron chi connectivity index (χ3n) is 2.68. The van der Waals surface area contributed by atoms with Crippen LogP contribution in [0.4, 0.5) is 10.1 Å². The fraction of sp³-hybridized carbons (Fsp3) is 0.143. The Labute approximate surface area is 109 Å². The first-order valence-corrected chi connectivity index (χ1v) is 6.20. The van der Waals surface area contributed by atoms with Gasteiger partial charge in [0.1, 0.15) is 5.82 Å². The van der Waals surface area contributed by atoms with E-state index < -0.39 is 0 Å². The van der Waals surface area contributed by atoms with Gasteiger partial charge in [-0.25, -0.2) is 4.39 Å². The highest BCUT2D eigenvalue weighted by molar-refractivity contribution is 9.10. The molecule has 0 unspecified atom stereocenters. The lowest BCUT2D eigenvalue weighted by molar-refractivity contribution is 0.629. The normalized spacial score (nSPS) is 10.3. The molecule has 0 heterocycles. The minimum Gasteiger partial charge on any atom is -0.378 e. The van der Waals surface area contributed by atoms with Crippen LogP contribution in [0.1, 0.15) is 11.1 Å². The van der Waals surface area contributed by atoms with Gasteiger partial charge in [0.2, 0.25) is 0 Å². The maximum Gasteiger partial charge on any atom is 0.147 e. The monoisotopic (exact) mass is 293 g/mol. The molecule has 0 saturated carbocycles. The molecule has 0 aliphatic carbocycles. The van der Waals surface area contributed by atoms with E-state index in [2.05, 4.69) is 21.2 Å². The third kappa shape index (κ3) is 2.86. The van der Waals surface area contributed by atoms with Crippen LogP contribution in [0.3, 0.4) is 0 Å². The first-order chi connectivity index (χ1) is 8.18. The molecule has 0 amide bonds. The first kappa shape index (κ1) is 12.1. The third-order valence-corrected chi connectivity index (χ3v) is 3.34. The van der Waals surface area contributed by atoms with Crippen molar-refractivity contribution in [1.82, 2.24) is 0 Å². The molecule has 2 rings (SSSR count). The minimum atomic E-state index is -0.243. The Balaban J connectivity index is 2.16. The van der Waals surface area contributed by atoms with Crippen LogP contribution in [0.15, 0.2) is 46.9 Å². The lowest BCUT2D eigenvalue weighted by Gasteiger charge is -2.11. The van der Waals surface area contributed by atoms with Gasteiger partial charge < -0.3 is 5.32 Å². The van der Waals surface area contributed by atoms with Crippen LogP contribution in [-0.2, 0) is 6.54 Å². The van der Waals surface area contributed by atoms with Crippen LogP contribution < -0.4 is 5.32 Å². The summed E-state index contributed by atoms with van der Waals surface area (Å²) in [5.41, 5.74) is 2.88. The summed E-state index contributed by atoms with van der Waals surface area (Å²) in [5, 5.41) is 3.12. The topological polar surface area (TPSA) is 12.0 Å². The second-order valence-corrected chi connectivity index (χ2v) is 4.73. The Morgan fingerprint density at radius 3 is 2.59 bits per heavy atom. The van der Waals surface area contributed by atoms with E-state index in [4.69, 9.17) is 0 Å². The summed E-state index contributed by atoms with van der Waals surface area (Å²) < 4.78 is 14.3. The van der Waals surface area contributed by atoms with Gasteiger partial charge in [-0.3, -0.25) is 0 Å². The number of para-hydroxylation sites is 1. The quantitative estimate of drug-likeness (QED) is 0.878. The number of rotatable bonds is 3. The molecule has 0 atom stereocenters. The summed E-state index contributed by atoms with van der Waals surface area (Å²) in [4.78, 5) is 0. The second kappa shape index (κ2) is 5.32. The highest BCUT2D eigenvalue weighted by atomic mass is 79.9. The number of halogens is 2. The Hall–Kier alpha value is -1.35. The molecule has 0 bridgehead atoms. The van der Waals surface area contributed by atoms with Crippen molar-refractivity contribution in [2.45, 2.75) is 13.5 Å². The van der Waals surface area contributed by atoms with Gasteiger partial charge in [0, 0.05) is 11.0 Å². The molecule has 0 fully saturated rings. The standard InChI is InChI=1S/C14H13BrFN/c1-10-5-2-3-6-11(10)9-17-14-12(15)7-4-8-13(14)16/h2-8,17H,9H2,1H3. The average molecular weight is 294 g/mol. The van der Waals surface area contributed by atoms with Gasteiger partial charge in [-0.05, 0) is 46.1 Å². The second-order valence-electron chi connectivity index (χ2n) is 3.88. The van der Waals surface area contributed by atoms with Crippen LogP contribution >= 0.6 is 15.9 Å². The van der Waals surface area contributed by atoms with E-state index in [0.29, 0.717) is 12.2 Å². The molecule has 0 aliphatic rings. The molecule has 3 heteroatoms. The minimum absolute atomic E-state index is 0.243. The van der Waals surface area contributed by atoms with Gasteiger partial charge in [0.25, 0.3) is 0 Å². The maximum atomic E-state index is 13.6. The van der Waals surface area contributed by atoms with E-state index in [9.17, 15) is 4.39 Å². The van der Waals surface area contributed by atoms with Crippen molar-refractivity contribution in [3.05, 3.63) is 63.9 Å². The zero-order valence-electron chi connectivity index (χ0n) is 9.50. The molecule has 0 spiro atoms. The van der Waals surface area contributed by atoms with E-state index in [-0.39, 0.29) is 5.82 Å². The fourth-order valence-corrected chi connectivity index (χ4v) is 2.14. The molecular formula is C14H13BrFN. The van der Waals surface area contributed by atoms with E-state index in [1.807, 2.05) is 37.3 Å². The molecule has 0 aromatic heterocycles. The summed E-state index contributed by atoms with van der Waals surface area (Å²) in [5.74, 6) is -0.243. The largest absolute Gasteiger partial charge is 0.378 e. The van der Waals surface area contributed by atoms with Crippen molar-refractivity contribution < 1.29 is 4.39 Å². The Morgan fingerprint density at radius 2 is 1.88 bits per heavy atom. The lowest BCUT2D eigenvalue weighted by atomic mass is 10.1. The summed E-state index contributed by atoms with van der Waals surface area (Å²) in [6.07, 6.45) is 0. The zero-order chi connectivity index (χ0) is 12.3. The summed E-state index contributed by atoms with van der Waals surface area (Å²) in [6.45, 7) is 2.67. The predicted molar refractivity (Wildman–Crippen MR) is 72.6 cm³/mol. The highest BCUT2D eigenvalue weighted by Gasteiger charge is 2.06. The van der Waals surface area contributed by atoms with Crippen molar-refractivity contribution in [2.75, 3.05) is 5.32 Å². The molecule has 0 aliphatic heterocycles. The number of aryl methyl sites for hydroxylation is 1. The van der Waals surface area contributed by atoms with Gasteiger partial charge in [0.15, 0.2) is 0 Å². The van der Waals surface area contributed by atoms with Gasteiger partial charge in [0.05, 0.1) is 5.69 Å². The molecular weight excluding hydrogens is 281 g/mol. The number of anilines is 1. The van der Waals surface area contributed by atoms with Crippen LogP contribution in [0.2, 0.25) is 0 Å². The molecule has 0 saturated heterocycles. The van der Waals surface area contributed by atoms with E-state index in [1.54, 1.807) is 6.07 Å². The van der Waals surface area contributed by atoms with E-state index >= 15 is 0 Å². The Kier molecular flexibility index (Phi) is 3.79. The van der Waals surface area contributed by atoms with Gasteiger partial charge in [-0.15, -0.1) is 0 Å². The van der Waals surface area contributed by atoms with Crippen LogP contribution in [0.5, 0.6) is 0 Å². The predicted octanol–water partition coefficient (Wildman–Crippen LogP) is 4.51.